The zero-order valence-electron chi connectivity index (χ0n) is 13.7. The summed E-state index contributed by atoms with van der Waals surface area (Å²) in [5.74, 6) is 0.120. The number of hydrogen-bond donors (Lipinski definition) is 1. The van der Waals surface area contributed by atoms with Crippen molar-refractivity contribution < 1.29 is 14.6 Å². The van der Waals surface area contributed by atoms with E-state index in [1.54, 1.807) is 4.90 Å². The molecule has 2 aromatic carbocycles. The number of piperidine rings is 1. The van der Waals surface area contributed by atoms with Crippen LogP contribution in [0.1, 0.15) is 30.0 Å². The number of nitrogens with zero attached hydrogens (tertiary/aromatic N) is 1. The fourth-order valence-electron chi connectivity index (χ4n) is 3.22. The first-order valence-corrected chi connectivity index (χ1v) is 8.41. The lowest BCUT2D eigenvalue weighted by Gasteiger charge is -2.38. The van der Waals surface area contributed by atoms with Crippen molar-refractivity contribution >= 4 is 6.09 Å². The number of aliphatic hydroxyl groups is 1. The highest BCUT2D eigenvalue weighted by Gasteiger charge is 2.33. The van der Waals surface area contributed by atoms with E-state index in [1.165, 1.54) is 0 Å². The Morgan fingerprint density at radius 1 is 1.04 bits per heavy atom. The number of amides is 1. The lowest BCUT2D eigenvalue weighted by Crippen LogP contribution is -2.43. The topological polar surface area (TPSA) is 49.8 Å². The standard InChI is InChI=1S/C20H23NO3/c22-14-17-11-12-19(18-9-5-2-6-10-18)21(13-17)20(23)24-15-16-7-3-1-4-8-16/h1-10,17,19,22H,11-15H2. The molecule has 0 aliphatic carbocycles. The van der Waals surface area contributed by atoms with Gasteiger partial charge in [-0.25, -0.2) is 4.79 Å². The third-order valence-electron chi connectivity index (χ3n) is 4.56. The van der Waals surface area contributed by atoms with Crippen molar-refractivity contribution in [3.05, 3.63) is 71.8 Å². The third-order valence-corrected chi connectivity index (χ3v) is 4.56. The van der Waals surface area contributed by atoms with Gasteiger partial charge < -0.3 is 14.7 Å². The largest absolute Gasteiger partial charge is 0.445 e. The molecule has 0 aromatic heterocycles. The summed E-state index contributed by atoms with van der Waals surface area (Å²) in [4.78, 5) is 14.4. The first-order valence-electron chi connectivity index (χ1n) is 8.41. The number of likely N-dealkylation sites (tertiary alicyclic amines) is 1. The molecule has 1 fully saturated rings. The van der Waals surface area contributed by atoms with Gasteiger partial charge in [-0.2, -0.15) is 0 Å². The molecule has 4 heteroatoms. The monoisotopic (exact) mass is 325 g/mol. The van der Waals surface area contributed by atoms with E-state index < -0.39 is 0 Å². The molecule has 1 saturated heterocycles. The predicted molar refractivity (Wildman–Crippen MR) is 92.3 cm³/mol. The molecule has 3 rings (SSSR count). The summed E-state index contributed by atoms with van der Waals surface area (Å²) in [7, 11) is 0. The molecule has 2 atom stereocenters. The Morgan fingerprint density at radius 3 is 2.38 bits per heavy atom. The summed E-state index contributed by atoms with van der Waals surface area (Å²) in [6, 6.07) is 19.7. The van der Waals surface area contributed by atoms with Crippen molar-refractivity contribution in [2.45, 2.75) is 25.5 Å². The van der Waals surface area contributed by atoms with Crippen molar-refractivity contribution in [1.29, 1.82) is 0 Å². The van der Waals surface area contributed by atoms with Gasteiger partial charge in [-0.3, -0.25) is 0 Å². The quantitative estimate of drug-likeness (QED) is 0.931. The van der Waals surface area contributed by atoms with Crippen LogP contribution in [0.25, 0.3) is 0 Å². The van der Waals surface area contributed by atoms with Gasteiger partial charge in [-0.1, -0.05) is 60.7 Å². The van der Waals surface area contributed by atoms with Gasteiger partial charge in [0.25, 0.3) is 0 Å². The second-order valence-electron chi connectivity index (χ2n) is 6.24. The van der Waals surface area contributed by atoms with Gasteiger partial charge in [0.1, 0.15) is 6.61 Å². The minimum absolute atomic E-state index is 0.0114. The van der Waals surface area contributed by atoms with Gasteiger partial charge in [0.2, 0.25) is 0 Å². The summed E-state index contributed by atoms with van der Waals surface area (Å²) < 4.78 is 5.52. The number of carbonyl (C=O) groups is 1. The lowest BCUT2D eigenvalue weighted by atomic mass is 9.90. The Morgan fingerprint density at radius 2 is 1.71 bits per heavy atom. The average molecular weight is 325 g/mol. The van der Waals surface area contributed by atoms with E-state index in [4.69, 9.17) is 4.74 Å². The minimum atomic E-state index is -0.314. The summed E-state index contributed by atoms with van der Waals surface area (Å²) in [6.07, 6.45) is 1.44. The molecule has 0 saturated carbocycles. The Hall–Kier alpha value is -2.33. The molecular formula is C20H23NO3. The summed E-state index contributed by atoms with van der Waals surface area (Å²) in [5, 5.41) is 9.48. The van der Waals surface area contributed by atoms with E-state index >= 15 is 0 Å². The van der Waals surface area contributed by atoms with Crippen molar-refractivity contribution in [2.24, 2.45) is 5.92 Å². The normalized spacial score (nSPS) is 20.6. The van der Waals surface area contributed by atoms with E-state index in [0.717, 1.165) is 24.0 Å². The van der Waals surface area contributed by atoms with Gasteiger partial charge in [0.05, 0.1) is 6.04 Å². The SMILES string of the molecule is O=C(OCc1ccccc1)N1CC(CO)CCC1c1ccccc1. The maximum atomic E-state index is 12.6. The van der Waals surface area contributed by atoms with Crippen LogP contribution in [-0.4, -0.2) is 29.3 Å². The summed E-state index contributed by atoms with van der Waals surface area (Å²) in [5.41, 5.74) is 2.09. The van der Waals surface area contributed by atoms with E-state index in [2.05, 4.69) is 0 Å². The first kappa shape index (κ1) is 16.5. The molecule has 1 aliphatic rings. The highest BCUT2D eigenvalue weighted by molar-refractivity contribution is 5.68. The van der Waals surface area contributed by atoms with Crippen LogP contribution in [0, 0.1) is 5.92 Å². The second-order valence-corrected chi connectivity index (χ2v) is 6.24. The molecule has 1 N–H and O–H groups in total. The molecular weight excluding hydrogens is 302 g/mol. The highest BCUT2D eigenvalue weighted by Crippen LogP contribution is 2.33. The van der Waals surface area contributed by atoms with Gasteiger partial charge in [0.15, 0.2) is 0 Å². The first-order chi connectivity index (χ1) is 11.8. The number of carbonyl (C=O) groups excluding carboxylic acids is 1. The van der Waals surface area contributed by atoms with Crippen LogP contribution in [0.2, 0.25) is 0 Å². The maximum Gasteiger partial charge on any atom is 0.410 e. The Labute approximate surface area is 142 Å². The maximum absolute atomic E-state index is 12.6. The van der Waals surface area contributed by atoms with E-state index in [9.17, 15) is 9.90 Å². The van der Waals surface area contributed by atoms with Gasteiger partial charge in [-0.15, -0.1) is 0 Å². The molecule has 1 aliphatic heterocycles. The number of hydrogen-bond acceptors (Lipinski definition) is 3. The third kappa shape index (κ3) is 3.95. The highest BCUT2D eigenvalue weighted by atomic mass is 16.6. The fourth-order valence-corrected chi connectivity index (χ4v) is 3.22. The molecule has 2 aromatic rings. The molecule has 0 radical (unpaired) electrons. The van der Waals surface area contributed by atoms with E-state index in [1.807, 2.05) is 60.7 Å². The van der Waals surface area contributed by atoms with Crippen molar-refractivity contribution in [3.8, 4) is 0 Å². The van der Waals surface area contributed by atoms with Crippen molar-refractivity contribution in [2.75, 3.05) is 13.2 Å². The Balaban J connectivity index is 1.71. The van der Waals surface area contributed by atoms with Crippen LogP contribution in [-0.2, 0) is 11.3 Å². The average Bonchev–Trinajstić information content (AvgIpc) is 2.67. The van der Waals surface area contributed by atoms with Crippen LogP contribution in [0.3, 0.4) is 0 Å². The van der Waals surface area contributed by atoms with Crippen molar-refractivity contribution in [1.82, 2.24) is 4.90 Å². The van der Waals surface area contributed by atoms with E-state index in [-0.39, 0.29) is 31.3 Å². The molecule has 1 heterocycles. The summed E-state index contributed by atoms with van der Waals surface area (Å²) >= 11 is 0. The van der Waals surface area contributed by atoms with Crippen LogP contribution >= 0.6 is 0 Å². The second kappa shape index (κ2) is 7.97. The zero-order chi connectivity index (χ0) is 16.8. The number of ether oxygens (including phenoxy) is 1. The number of benzene rings is 2. The van der Waals surface area contributed by atoms with E-state index in [0.29, 0.717) is 6.54 Å². The number of aliphatic hydroxyl groups excluding tert-OH is 1. The molecule has 0 spiro atoms. The summed E-state index contributed by atoms with van der Waals surface area (Å²) in [6.45, 7) is 0.898. The van der Waals surface area contributed by atoms with Crippen LogP contribution in [0.4, 0.5) is 4.79 Å². The Kier molecular flexibility index (Phi) is 5.49. The molecule has 4 nitrogen and oxygen atoms in total. The molecule has 1 amide bonds. The molecule has 24 heavy (non-hydrogen) atoms. The lowest BCUT2D eigenvalue weighted by molar-refractivity contribution is 0.0427. The van der Waals surface area contributed by atoms with Crippen molar-refractivity contribution in [3.63, 3.8) is 0 Å². The fraction of sp³-hybridized carbons (Fsp3) is 0.350. The van der Waals surface area contributed by atoms with Gasteiger partial charge in [-0.05, 0) is 29.9 Å². The molecule has 2 unspecified atom stereocenters. The Bertz CT molecular complexity index is 644. The molecule has 126 valence electrons. The predicted octanol–water partition coefficient (Wildman–Crippen LogP) is 3.77. The minimum Gasteiger partial charge on any atom is -0.445 e. The molecule has 0 bridgehead atoms. The van der Waals surface area contributed by atoms with Gasteiger partial charge >= 0.3 is 6.09 Å². The van der Waals surface area contributed by atoms with Crippen LogP contribution in [0.15, 0.2) is 60.7 Å². The van der Waals surface area contributed by atoms with Gasteiger partial charge in [0, 0.05) is 13.2 Å². The van der Waals surface area contributed by atoms with Crippen LogP contribution < -0.4 is 0 Å². The zero-order valence-corrected chi connectivity index (χ0v) is 13.7. The number of rotatable bonds is 4. The van der Waals surface area contributed by atoms with Crippen LogP contribution in [0.5, 0.6) is 0 Å². The smallest absolute Gasteiger partial charge is 0.410 e.